The summed E-state index contributed by atoms with van der Waals surface area (Å²) in [5.41, 5.74) is 2.76. The Kier molecular flexibility index (Phi) is 6.75. The molecule has 1 N–H and O–H groups in total. The van der Waals surface area contributed by atoms with Crippen LogP contribution in [0.15, 0.2) is 48.5 Å². The van der Waals surface area contributed by atoms with E-state index in [-0.39, 0.29) is 30.6 Å². The third kappa shape index (κ3) is 6.42. The fourth-order valence-corrected chi connectivity index (χ4v) is 2.36. The molecule has 1 amide bonds. The quantitative estimate of drug-likeness (QED) is 0.738. The van der Waals surface area contributed by atoms with E-state index in [0.29, 0.717) is 12.1 Å². The van der Waals surface area contributed by atoms with Gasteiger partial charge in [-0.15, -0.1) is 0 Å². The van der Waals surface area contributed by atoms with Gasteiger partial charge in [0.15, 0.2) is 5.78 Å². The van der Waals surface area contributed by atoms with E-state index in [1.165, 1.54) is 0 Å². The largest absolute Gasteiger partial charge is 0.491 e. The Morgan fingerprint density at radius 1 is 0.960 bits per heavy atom. The van der Waals surface area contributed by atoms with Crippen molar-refractivity contribution in [2.75, 3.05) is 0 Å². The molecule has 0 heterocycles. The van der Waals surface area contributed by atoms with Gasteiger partial charge in [0, 0.05) is 24.9 Å². The molecule has 2 rings (SSSR count). The monoisotopic (exact) mass is 339 g/mol. The Morgan fingerprint density at radius 2 is 1.60 bits per heavy atom. The third-order valence-corrected chi connectivity index (χ3v) is 3.74. The average molecular weight is 339 g/mol. The van der Waals surface area contributed by atoms with Gasteiger partial charge in [-0.25, -0.2) is 0 Å². The van der Waals surface area contributed by atoms with Crippen LogP contribution in [0.3, 0.4) is 0 Å². The lowest BCUT2D eigenvalue weighted by Crippen LogP contribution is -2.23. The summed E-state index contributed by atoms with van der Waals surface area (Å²) < 4.78 is 5.58. The molecule has 0 aliphatic heterocycles. The van der Waals surface area contributed by atoms with Crippen LogP contribution in [0.4, 0.5) is 0 Å². The smallest absolute Gasteiger partial charge is 0.220 e. The molecule has 0 fully saturated rings. The van der Waals surface area contributed by atoms with Crippen LogP contribution in [0, 0.1) is 6.92 Å². The Hall–Kier alpha value is -2.62. The third-order valence-electron chi connectivity index (χ3n) is 3.74. The van der Waals surface area contributed by atoms with Gasteiger partial charge in [-0.2, -0.15) is 0 Å². The number of ketones is 1. The molecule has 0 unspecified atom stereocenters. The minimum absolute atomic E-state index is 0.00895. The van der Waals surface area contributed by atoms with Gasteiger partial charge in [-0.1, -0.05) is 42.0 Å². The Balaban J connectivity index is 1.75. The zero-order valence-electron chi connectivity index (χ0n) is 15.0. The molecular weight excluding hydrogens is 314 g/mol. The van der Waals surface area contributed by atoms with Crippen molar-refractivity contribution < 1.29 is 14.3 Å². The topological polar surface area (TPSA) is 55.4 Å². The van der Waals surface area contributed by atoms with E-state index in [0.717, 1.165) is 16.9 Å². The second-order valence-electron chi connectivity index (χ2n) is 6.38. The van der Waals surface area contributed by atoms with Crippen LogP contribution in [0.1, 0.15) is 48.2 Å². The molecule has 0 saturated heterocycles. The molecule has 0 spiro atoms. The van der Waals surface area contributed by atoms with Crippen molar-refractivity contribution >= 4 is 11.7 Å². The molecule has 0 atom stereocenters. The number of amides is 1. The van der Waals surface area contributed by atoms with Crippen molar-refractivity contribution in [2.24, 2.45) is 0 Å². The van der Waals surface area contributed by atoms with Crippen molar-refractivity contribution in [3.63, 3.8) is 0 Å². The van der Waals surface area contributed by atoms with E-state index in [4.69, 9.17) is 4.74 Å². The molecule has 2 aromatic rings. The summed E-state index contributed by atoms with van der Waals surface area (Å²) in [6, 6.07) is 15.0. The lowest BCUT2D eigenvalue weighted by atomic mass is 10.0. The van der Waals surface area contributed by atoms with E-state index >= 15 is 0 Å². The lowest BCUT2D eigenvalue weighted by molar-refractivity contribution is -0.121. The predicted molar refractivity (Wildman–Crippen MR) is 98.8 cm³/mol. The van der Waals surface area contributed by atoms with E-state index in [1.807, 2.05) is 57.2 Å². The molecule has 132 valence electrons. The van der Waals surface area contributed by atoms with E-state index in [1.54, 1.807) is 12.1 Å². The number of nitrogens with one attached hydrogen (secondary N) is 1. The number of hydrogen-bond acceptors (Lipinski definition) is 3. The molecule has 0 aromatic heterocycles. The van der Waals surface area contributed by atoms with Gasteiger partial charge in [0.1, 0.15) is 5.75 Å². The number of Topliss-reactive ketones (excluding diaryl/α,β-unsaturated/α-hetero) is 1. The number of carbonyl (C=O) groups excluding carboxylic acids is 2. The zero-order chi connectivity index (χ0) is 18.2. The molecule has 25 heavy (non-hydrogen) atoms. The van der Waals surface area contributed by atoms with Gasteiger partial charge in [0.25, 0.3) is 0 Å². The zero-order valence-corrected chi connectivity index (χ0v) is 15.0. The van der Waals surface area contributed by atoms with Crippen LogP contribution >= 0.6 is 0 Å². The first kappa shape index (κ1) is 18.7. The maximum Gasteiger partial charge on any atom is 0.220 e. The molecule has 0 bridgehead atoms. The highest BCUT2D eigenvalue weighted by Gasteiger charge is 2.09. The first-order valence-corrected chi connectivity index (χ1v) is 8.56. The summed E-state index contributed by atoms with van der Waals surface area (Å²) in [7, 11) is 0. The average Bonchev–Trinajstić information content (AvgIpc) is 2.59. The molecule has 0 saturated carbocycles. The number of benzene rings is 2. The Bertz CT molecular complexity index is 703. The molecular formula is C21H25NO3. The van der Waals surface area contributed by atoms with Crippen LogP contribution in [-0.4, -0.2) is 17.8 Å². The summed E-state index contributed by atoms with van der Waals surface area (Å²) in [5, 5.41) is 2.84. The normalized spacial score (nSPS) is 10.6. The number of aryl methyl sites for hydroxylation is 1. The van der Waals surface area contributed by atoms with Gasteiger partial charge < -0.3 is 10.1 Å². The molecule has 0 aliphatic carbocycles. The summed E-state index contributed by atoms with van der Waals surface area (Å²) in [5.74, 6) is 0.682. The first-order valence-electron chi connectivity index (χ1n) is 8.56. The minimum Gasteiger partial charge on any atom is -0.491 e. The predicted octanol–water partition coefficient (Wildman–Crippen LogP) is 4.06. The number of hydrogen-bond donors (Lipinski definition) is 1. The Labute approximate surface area is 149 Å². The molecule has 0 radical (unpaired) electrons. The number of rotatable bonds is 8. The highest BCUT2D eigenvalue weighted by Crippen LogP contribution is 2.14. The second kappa shape index (κ2) is 9.02. The standard InChI is InChI=1S/C21H25NO3/c1-15(2)25-19-10-6-17(7-11-19)14-22-21(24)13-12-20(23)18-8-4-16(3)5-9-18/h4-11,15H,12-14H2,1-3H3,(H,22,24). The highest BCUT2D eigenvalue weighted by molar-refractivity contribution is 5.97. The summed E-state index contributed by atoms with van der Waals surface area (Å²) in [6.45, 7) is 6.38. The number of ether oxygens (including phenoxy) is 1. The van der Waals surface area contributed by atoms with Gasteiger partial charge in [0.05, 0.1) is 6.10 Å². The van der Waals surface area contributed by atoms with Crippen molar-refractivity contribution in [2.45, 2.75) is 46.3 Å². The van der Waals surface area contributed by atoms with Crippen LogP contribution in [0.2, 0.25) is 0 Å². The molecule has 4 heteroatoms. The molecule has 4 nitrogen and oxygen atoms in total. The SMILES string of the molecule is Cc1ccc(C(=O)CCC(=O)NCc2ccc(OC(C)C)cc2)cc1. The van der Waals surface area contributed by atoms with E-state index in [2.05, 4.69) is 5.32 Å². The van der Waals surface area contributed by atoms with Gasteiger partial charge >= 0.3 is 0 Å². The van der Waals surface area contributed by atoms with Crippen molar-refractivity contribution in [1.29, 1.82) is 0 Å². The highest BCUT2D eigenvalue weighted by atomic mass is 16.5. The van der Waals surface area contributed by atoms with Gasteiger partial charge in [-0.05, 0) is 38.5 Å². The van der Waals surface area contributed by atoms with Gasteiger partial charge in [-0.3, -0.25) is 9.59 Å². The maximum absolute atomic E-state index is 12.1. The lowest BCUT2D eigenvalue weighted by Gasteiger charge is -2.10. The summed E-state index contributed by atoms with van der Waals surface area (Å²) in [6.07, 6.45) is 0.550. The Morgan fingerprint density at radius 3 is 2.20 bits per heavy atom. The summed E-state index contributed by atoms with van der Waals surface area (Å²) in [4.78, 5) is 24.0. The van der Waals surface area contributed by atoms with Crippen molar-refractivity contribution in [1.82, 2.24) is 5.32 Å². The van der Waals surface area contributed by atoms with Gasteiger partial charge in [0.2, 0.25) is 5.91 Å². The number of carbonyl (C=O) groups is 2. The van der Waals surface area contributed by atoms with E-state index in [9.17, 15) is 9.59 Å². The molecule has 2 aromatic carbocycles. The van der Waals surface area contributed by atoms with Crippen molar-refractivity contribution in [3.05, 3.63) is 65.2 Å². The molecule has 0 aliphatic rings. The fraction of sp³-hybridized carbons (Fsp3) is 0.333. The fourth-order valence-electron chi connectivity index (χ4n) is 2.36. The second-order valence-corrected chi connectivity index (χ2v) is 6.38. The van der Waals surface area contributed by atoms with Crippen LogP contribution in [-0.2, 0) is 11.3 Å². The van der Waals surface area contributed by atoms with E-state index < -0.39 is 0 Å². The minimum atomic E-state index is -0.122. The first-order chi connectivity index (χ1) is 11.9. The van der Waals surface area contributed by atoms with Crippen LogP contribution < -0.4 is 10.1 Å². The van der Waals surface area contributed by atoms with Crippen LogP contribution in [0.25, 0.3) is 0 Å². The summed E-state index contributed by atoms with van der Waals surface area (Å²) >= 11 is 0. The van der Waals surface area contributed by atoms with Crippen LogP contribution in [0.5, 0.6) is 5.75 Å². The maximum atomic E-state index is 12.1. The van der Waals surface area contributed by atoms with Crippen molar-refractivity contribution in [3.8, 4) is 5.75 Å².